The lowest BCUT2D eigenvalue weighted by molar-refractivity contribution is 0.267. The number of halogens is 1. The second-order valence-electron chi connectivity index (χ2n) is 3.73. The van der Waals surface area contributed by atoms with Gasteiger partial charge in [-0.05, 0) is 12.3 Å². The van der Waals surface area contributed by atoms with Crippen LogP contribution in [0.25, 0.3) is 0 Å². The number of aliphatic hydroxyl groups excluding tert-OH is 1. The summed E-state index contributed by atoms with van der Waals surface area (Å²) in [4.78, 5) is 7.86. The van der Waals surface area contributed by atoms with Crippen molar-refractivity contribution in [2.75, 3.05) is 11.9 Å². The van der Waals surface area contributed by atoms with Crippen LogP contribution in [0.1, 0.15) is 20.3 Å². The molecule has 5 heteroatoms. The number of aromatic nitrogens is 2. The predicted molar refractivity (Wildman–Crippen MR) is 61.0 cm³/mol. The van der Waals surface area contributed by atoms with Crippen molar-refractivity contribution in [1.29, 1.82) is 0 Å². The summed E-state index contributed by atoms with van der Waals surface area (Å²) in [5.41, 5.74) is 0. The summed E-state index contributed by atoms with van der Waals surface area (Å²) in [6, 6.07) is 1.87. The van der Waals surface area contributed by atoms with Gasteiger partial charge in [0, 0.05) is 18.7 Å². The maximum absolute atomic E-state index is 8.92. The van der Waals surface area contributed by atoms with Crippen LogP contribution in [0.4, 0.5) is 5.82 Å². The van der Waals surface area contributed by atoms with Gasteiger partial charge in [0.15, 0.2) is 0 Å². The van der Waals surface area contributed by atoms with Gasteiger partial charge in [-0.25, -0.2) is 9.97 Å². The first kappa shape index (κ1) is 12.2. The van der Waals surface area contributed by atoms with Crippen molar-refractivity contribution < 1.29 is 5.11 Å². The quantitative estimate of drug-likeness (QED) is 0.758. The molecular formula is C10H16ClN3O. The summed E-state index contributed by atoms with van der Waals surface area (Å²) in [6.07, 6.45) is 2.11. The number of hydrogen-bond donors (Lipinski definition) is 2. The van der Waals surface area contributed by atoms with E-state index in [1.807, 2.05) is 0 Å². The highest BCUT2D eigenvalue weighted by molar-refractivity contribution is 6.29. The van der Waals surface area contributed by atoms with Crippen LogP contribution in [0.2, 0.25) is 5.15 Å². The summed E-state index contributed by atoms with van der Waals surface area (Å²) < 4.78 is 0. The second kappa shape index (κ2) is 5.88. The maximum Gasteiger partial charge on any atom is 0.134 e. The molecule has 1 aromatic heterocycles. The molecule has 1 aromatic rings. The lowest BCUT2D eigenvalue weighted by Crippen LogP contribution is -2.27. The first-order valence-electron chi connectivity index (χ1n) is 4.98. The van der Waals surface area contributed by atoms with Gasteiger partial charge in [0.25, 0.3) is 0 Å². The monoisotopic (exact) mass is 229 g/mol. The number of rotatable bonds is 5. The lowest BCUT2D eigenvalue weighted by Gasteiger charge is -2.21. The van der Waals surface area contributed by atoms with E-state index >= 15 is 0 Å². The number of anilines is 1. The smallest absolute Gasteiger partial charge is 0.134 e. The van der Waals surface area contributed by atoms with E-state index in [0.717, 1.165) is 0 Å². The number of nitrogens with one attached hydrogen (secondary N) is 1. The minimum atomic E-state index is 0.161. The molecule has 15 heavy (non-hydrogen) atoms. The Hall–Kier alpha value is -0.870. The van der Waals surface area contributed by atoms with Crippen LogP contribution in [-0.2, 0) is 0 Å². The predicted octanol–water partition coefficient (Wildman–Crippen LogP) is 1.95. The van der Waals surface area contributed by atoms with Crippen molar-refractivity contribution in [2.24, 2.45) is 5.92 Å². The van der Waals surface area contributed by atoms with E-state index in [2.05, 4.69) is 29.1 Å². The van der Waals surface area contributed by atoms with Gasteiger partial charge in [0.1, 0.15) is 17.3 Å². The van der Waals surface area contributed by atoms with Gasteiger partial charge in [-0.3, -0.25) is 0 Å². The van der Waals surface area contributed by atoms with Gasteiger partial charge in [0.05, 0.1) is 0 Å². The molecule has 0 radical (unpaired) electrons. The number of hydrogen-bond acceptors (Lipinski definition) is 4. The normalized spacial score (nSPS) is 12.9. The van der Waals surface area contributed by atoms with E-state index in [9.17, 15) is 0 Å². The molecule has 1 atom stereocenters. The molecule has 0 saturated heterocycles. The zero-order chi connectivity index (χ0) is 11.3. The van der Waals surface area contributed by atoms with Gasteiger partial charge in [-0.2, -0.15) is 0 Å². The zero-order valence-corrected chi connectivity index (χ0v) is 9.70. The van der Waals surface area contributed by atoms with E-state index in [1.54, 1.807) is 6.07 Å². The summed E-state index contributed by atoms with van der Waals surface area (Å²) >= 11 is 5.74. The fraction of sp³-hybridized carbons (Fsp3) is 0.600. The molecule has 0 saturated carbocycles. The Bertz CT molecular complexity index is 306. The largest absolute Gasteiger partial charge is 0.396 e. The molecule has 0 spiro atoms. The van der Waals surface area contributed by atoms with Gasteiger partial charge in [0.2, 0.25) is 0 Å². The highest BCUT2D eigenvalue weighted by atomic mass is 35.5. The Labute approximate surface area is 94.7 Å². The fourth-order valence-electron chi connectivity index (χ4n) is 1.31. The molecule has 84 valence electrons. The van der Waals surface area contributed by atoms with Crippen LogP contribution in [0.3, 0.4) is 0 Å². The molecule has 0 aromatic carbocycles. The zero-order valence-electron chi connectivity index (χ0n) is 8.94. The summed E-state index contributed by atoms with van der Waals surface area (Å²) in [7, 11) is 0. The van der Waals surface area contributed by atoms with Crippen LogP contribution < -0.4 is 5.32 Å². The summed E-state index contributed by atoms with van der Waals surface area (Å²) in [5.74, 6) is 1.12. The molecule has 1 unspecified atom stereocenters. The van der Waals surface area contributed by atoms with Crippen molar-refractivity contribution in [1.82, 2.24) is 9.97 Å². The highest BCUT2D eigenvalue weighted by Gasteiger charge is 2.12. The molecular weight excluding hydrogens is 214 g/mol. The third kappa shape index (κ3) is 4.01. The Kier molecular flexibility index (Phi) is 4.78. The minimum absolute atomic E-state index is 0.161. The Balaban J connectivity index is 2.65. The van der Waals surface area contributed by atoms with Crippen molar-refractivity contribution >= 4 is 17.4 Å². The molecule has 0 amide bonds. The molecule has 0 aliphatic carbocycles. The molecule has 1 heterocycles. The van der Waals surface area contributed by atoms with E-state index < -0.39 is 0 Å². The topological polar surface area (TPSA) is 58.0 Å². The van der Waals surface area contributed by atoms with Crippen LogP contribution in [0.5, 0.6) is 0 Å². The third-order valence-corrected chi connectivity index (χ3v) is 2.42. The van der Waals surface area contributed by atoms with E-state index in [4.69, 9.17) is 16.7 Å². The second-order valence-corrected chi connectivity index (χ2v) is 4.12. The Morgan fingerprint density at radius 3 is 2.73 bits per heavy atom. The van der Waals surface area contributed by atoms with Crippen LogP contribution >= 0.6 is 11.6 Å². The average molecular weight is 230 g/mol. The molecule has 0 aliphatic heterocycles. The standard InChI is InChI=1S/C10H16ClN3O/c1-7(2)8(3-4-15)14-10-5-9(11)12-6-13-10/h5-8,15H,3-4H2,1-2H3,(H,12,13,14). The van der Waals surface area contributed by atoms with E-state index in [-0.39, 0.29) is 12.6 Å². The minimum Gasteiger partial charge on any atom is -0.396 e. The fourth-order valence-corrected chi connectivity index (χ4v) is 1.46. The van der Waals surface area contributed by atoms with Crippen molar-refractivity contribution in [3.63, 3.8) is 0 Å². The highest BCUT2D eigenvalue weighted by Crippen LogP contribution is 2.14. The Morgan fingerprint density at radius 1 is 1.47 bits per heavy atom. The van der Waals surface area contributed by atoms with E-state index in [1.165, 1.54) is 6.33 Å². The van der Waals surface area contributed by atoms with Crippen LogP contribution in [0.15, 0.2) is 12.4 Å². The molecule has 1 rings (SSSR count). The first-order valence-corrected chi connectivity index (χ1v) is 5.36. The molecule has 4 nitrogen and oxygen atoms in total. The molecule has 0 fully saturated rings. The van der Waals surface area contributed by atoms with E-state index in [0.29, 0.717) is 23.3 Å². The Morgan fingerprint density at radius 2 is 2.20 bits per heavy atom. The average Bonchev–Trinajstić information content (AvgIpc) is 2.17. The maximum atomic E-state index is 8.92. The first-order chi connectivity index (χ1) is 7.13. The van der Waals surface area contributed by atoms with Crippen LogP contribution in [0, 0.1) is 5.92 Å². The van der Waals surface area contributed by atoms with Gasteiger partial charge in [-0.1, -0.05) is 25.4 Å². The van der Waals surface area contributed by atoms with Gasteiger partial charge < -0.3 is 10.4 Å². The number of nitrogens with zero attached hydrogens (tertiary/aromatic N) is 2. The molecule has 2 N–H and O–H groups in total. The molecule has 0 aliphatic rings. The van der Waals surface area contributed by atoms with Gasteiger partial charge in [-0.15, -0.1) is 0 Å². The summed E-state index contributed by atoms with van der Waals surface area (Å²) in [6.45, 7) is 4.35. The van der Waals surface area contributed by atoms with Gasteiger partial charge >= 0.3 is 0 Å². The SMILES string of the molecule is CC(C)C(CCO)Nc1cc(Cl)ncn1. The van der Waals surface area contributed by atoms with Crippen LogP contribution in [-0.4, -0.2) is 27.7 Å². The van der Waals surface area contributed by atoms with Crippen molar-refractivity contribution in [3.8, 4) is 0 Å². The number of aliphatic hydroxyl groups is 1. The molecule has 0 bridgehead atoms. The van der Waals surface area contributed by atoms with Crippen molar-refractivity contribution in [2.45, 2.75) is 26.3 Å². The lowest BCUT2D eigenvalue weighted by atomic mass is 10.0. The third-order valence-electron chi connectivity index (χ3n) is 2.21. The summed E-state index contributed by atoms with van der Waals surface area (Å²) in [5, 5.41) is 12.6. The van der Waals surface area contributed by atoms with Crippen molar-refractivity contribution in [3.05, 3.63) is 17.5 Å².